The lowest BCUT2D eigenvalue weighted by atomic mass is 9.93. The molecule has 0 aliphatic heterocycles. The Morgan fingerprint density at radius 2 is 2.30 bits per heavy atom. The van der Waals surface area contributed by atoms with Crippen LogP contribution in [-0.4, -0.2) is 16.7 Å². The van der Waals surface area contributed by atoms with E-state index in [1.165, 1.54) is 28.9 Å². The van der Waals surface area contributed by atoms with Crippen molar-refractivity contribution in [3.05, 3.63) is 46.9 Å². The zero-order valence-electron chi connectivity index (χ0n) is 12.1. The molecule has 2 heterocycles. The van der Waals surface area contributed by atoms with E-state index in [-0.39, 0.29) is 6.04 Å². The minimum absolute atomic E-state index is 0.202. The van der Waals surface area contributed by atoms with E-state index < -0.39 is 0 Å². The van der Waals surface area contributed by atoms with Crippen LogP contribution in [0.15, 0.2) is 24.4 Å². The van der Waals surface area contributed by atoms with E-state index in [9.17, 15) is 0 Å². The Morgan fingerprint density at radius 1 is 1.45 bits per heavy atom. The third kappa shape index (κ3) is 2.31. The molecule has 2 N–H and O–H groups in total. The Labute approximate surface area is 119 Å². The number of fused-ring (bicyclic) bond motifs is 1. The zero-order chi connectivity index (χ0) is 14.1. The van der Waals surface area contributed by atoms with Gasteiger partial charge in [0.1, 0.15) is 0 Å². The fourth-order valence-electron chi connectivity index (χ4n) is 3.03. The van der Waals surface area contributed by atoms with Gasteiger partial charge in [0, 0.05) is 36.2 Å². The van der Waals surface area contributed by atoms with Crippen LogP contribution in [0.2, 0.25) is 0 Å². The molecule has 1 atom stereocenters. The first-order valence-corrected chi connectivity index (χ1v) is 7.12. The predicted molar refractivity (Wildman–Crippen MR) is 78.9 cm³/mol. The van der Waals surface area contributed by atoms with Crippen molar-refractivity contribution in [1.29, 1.82) is 0 Å². The zero-order valence-corrected chi connectivity index (χ0v) is 12.1. The largest absolute Gasteiger partial charge is 0.481 e. The topological polar surface area (TPSA) is 53.1 Å². The Hall–Kier alpha value is -1.81. The van der Waals surface area contributed by atoms with Crippen molar-refractivity contribution < 1.29 is 4.74 Å². The fraction of sp³-hybridized carbons (Fsp3) is 0.438. The second kappa shape index (κ2) is 5.29. The summed E-state index contributed by atoms with van der Waals surface area (Å²) in [4.78, 5) is 4.27. The first kappa shape index (κ1) is 13.2. The van der Waals surface area contributed by atoms with E-state index in [0.29, 0.717) is 5.88 Å². The Morgan fingerprint density at radius 3 is 3.00 bits per heavy atom. The number of nitrogens with zero attached hydrogens (tertiary/aromatic N) is 2. The number of methoxy groups -OCH3 is 1. The van der Waals surface area contributed by atoms with Crippen LogP contribution in [0.1, 0.15) is 41.4 Å². The maximum Gasteiger partial charge on any atom is 0.212 e. The van der Waals surface area contributed by atoms with Crippen molar-refractivity contribution in [2.24, 2.45) is 5.73 Å². The summed E-state index contributed by atoms with van der Waals surface area (Å²) in [5.41, 5.74) is 11.4. The predicted octanol–water partition coefficient (Wildman–Crippen LogP) is 2.58. The van der Waals surface area contributed by atoms with Crippen molar-refractivity contribution in [3.63, 3.8) is 0 Å². The number of nitrogens with two attached hydrogens (primary N) is 1. The molecule has 2 aromatic heterocycles. The van der Waals surface area contributed by atoms with Gasteiger partial charge in [-0.1, -0.05) is 6.07 Å². The van der Waals surface area contributed by atoms with E-state index in [4.69, 9.17) is 10.5 Å². The average Bonchev–Trinajstić information content (AvgIpc) is 2.78. The van der Waals surface area contributed by atoms with Gasteiger partial charge in [-0.05, 0) is 43.4 Å². The fourth-order valence-corrected chi connectivity index (χ4v) is 3.03. The van der Waals surface area contributed by atoms with Gasteiger partial charge in [-0.15, -0.1) is 0 Å². The number of aromatic nitrogens is 2. The minimum atomic E-state index is 0.202. The maximum atomic E-state index is 6.22. The molecule has 4 heteroatoms. The van der Waals surface area contributed by atoms with E-state index >= 15 is 0 Å². The second-order valence-electron chi connectivity index (χ2n) is 5.48. The molecule has 0 amide bonds. The van der Waals surface area contributed by atoms with Crippen molar-refractivity contribution in [2.45, 2.75) is 38.8 Å². The van der Waals surface area contributed by atoms with Gasteiger partial charge in [-0.25, -0.2) is 4.98 Å². The van der Waals surface area contributed by atoms with Gasteiger partial charge in [0.05, 0.1) is 7.11 Å². The molecule has 20 heavy (non-hydrogen) atoms. The quantitative estimate of drug-likeness (QED) is 0.933. The van der Waals surface area contributed by atoms with Crippen LogP contribution in [0.25, 0.3) is 0 Å². The van der Waals surface area contributed by atoms with Gasteiger partial charge >= 0.3 is 0 Å². The summed E-state index contributed by atoms with van der Waals surface area (Å²) >= 11 is 0. The monoisotopic (exact) mass is 271 g/mol. The maximum absolute atomic E-state index is 6.22. The molecule has 0 spiro atoms. The van der Waals surface area contributed by atoms with E-state index in [1.807, 2.05) is 12.3 Å². The molecule has 0 radical (unpaired) electrons. The number of rotatable bonds is 3. The summed E-state index contributed by atoms with van der Waals surface area (Å²) in [6, 6.07) is 6.43. The number of pyridine rings is 1. The summed E-state index contributed by atoms with van der Waals surface area (Å²) in [5.74, 6) is 0.655. The summed E-state index contributed by atoms with van der Waals surface area (Å²) in [6.07, 6.45) is 5.28. The molecule has 3 rings (SSSR count). The number of hydrogen-bond donors (Lipinski definition) is 1. The van der Waals surface area contributed by atoms with Crippen LogP contribution in [0.4, 0.5) is 0 Å². The smallest absolute Gasteiger partial charge is 0.212 e. The van der Waals surface area contributed by atoms with E-state index in [1.54, 1.807) is 7.11 Å². The van der Waals surface area contributed by atoms with Crippen LogP contribution in [-0.2, 0) is 13.0 Å². The first-order valence-electron chi connectivity index (χ1n) is 7.12. The second-order valence-corrected chi connectivity index (χ2v) is 5.48. The molecule has 0 saturated carbocycles. The van der Waals surface area contributed by atoms with E-state index in [2.05, 4.69) is 28.6 Å². The molecule has 1 aliphatic rings. The first-order chi connectivity index (χ1) is 9.69. The van der Waals surface area contributed by atoms with E-state index in [0.717, 1.165) is 19.4 Å². The molecular weight excluding hydrogens is 250 g/mol. The van der Waals surface area contributed by atoms with Crippen LogP contribution >= 0.6 is 0 Å². The minimum Gasteiger partial charge on any atom is -0.481 e. The summed E-state index contributed by atoms with van der Waals surface area (Å²) < 4.78 is 7.47. The number of aryl methyl sites for hydroxylation is 1. The van der Waals surface area contributed by atoms with Crippen LogP contribution in [0.5, 0.6) is 5.88 Å². The standard InChI is InChI=1S/C16H21N3O/c1-11-8-13-14(17)4-3-5-15(13)19(11)10-12-6-7-16(20-2)18-9-12/h6-9,14H,3-5,10,17H2,1-2H3. The molecule has 0 fully saturated rings. The molecule has 4 nitrogen and oxygen atoms in total. The van der Waals surface area contributed by atoms with Crippen LogP contribution < -0.4 is 10.5 Å². The highest BCUT2D eigenvalue weighted by molar-refractivity contribution is 5.33. The lowest BCUT2D eigenvalue weighted by Crippen LogP contribution is -2.18. The average molecular weight is 271 g/mol. The van der Waals surface area contributed by atoms with Gasteiger partial charge in [-0.2, -0.15) is 0 Å². The third-order valence-electron chi connectivity index (χ3n) is 4.12. The lowest BCUT2D eigenvalue weighted by molar-refractivity contribution is 0.397. The van der Waals surface area contributed by atoms with Gasteiger partial charge in [0.2, 0.25) is 5.88 Å². The van der Waals surface area contributed by atoms with Crippen molar-refractivity contribution in [1.82, 2.24) is 9.55 Å². The molecule has 106 valence electrons. The molecule has 0 bridgehead atoms. The summed E-state index contributed by atoms with van der Waals surface area (Å²) in [5, 5.41) is 0. The summed E-state index contributed by atoms with van der Waals surface area (Å²) in [7, 11) is 1.63. The highest BCUT2D eigenvalue weighted by Crippen LogP contribution is 2.31. The molecule has 2 aromatic rings. The van der Waals surface area contributed by atoms with Gasteiger partial charge in [-0.3, -0.25) is 0 Å². The molecule has 1 unspecified atom stereocenters. The molecule has 1 aliphatic carbocycles. The Balaban J connectivity index is 1.90. The van der Waals surface area contributed by atoms with Crippen LogP contribution in [0, 0.1) is 6.92 Å². The molecule has 0 aromatic carbocycles. The Kier molecular flexibility index (Phi) is 3.49. The summed E-state index contributed by atoms with van der Waals surface area (Å²) in [6.45, 7) is 3.01. The van der Waals surface area contributed by atoms with Crippen molar-refractivity contribution in [2.75, 3.05) is 7.11 Å². The van der Waals surface area contributed by atoms with Crippen LogP contribution in [0.3, 0.4) is 0 Å². The number of ether oxygens (including phenoxy) is 1. The van der Waals surface area contributed by atoms with Crippen molar-refractivity contribution >= 4 is 0 Å². The third-order valence-corrected chi connectivity index (χ3v) is 4.12. The highest BCUT2D eigenvalue weighted by atomic mass is 16.5. The Bertz CT molecular complexity index is 601. The molecule has 0 saturated heterocycles. The van der Waals surface area contributed by atoms with Crippen molar-refractivity contribution in [3.8, 4) is 5.88 Å². The lowest BCUT2D eigenvalue weighted by Gasteiger charge is -2.21. The van der Waals surface area contributed by atoms with Gasteiger partial charge in [0.15, 0.2) is 0 Å². The highest BCUT2D eigenvalue weighted by Gasteiger charge is 2.22. The SMILES string of the molecule is COc1ccc(Cn2c(C)cc3c2CCCC3N)cn1. The number of hydrogen-bond acceptors (Lipinski definition) is 3. The van der Waals surface area contributed by atoms with Gasteiger partial charge < -0.3 is 15.0 Å². The van der Waals surface area contributed by atoms with Gasteiger partial charge in [0.25, 0.3) is 0 Å². The molecular formula is C16H21N3O. The normalized spacial score (nSPS) is 17.9.